The van der Waals surface area contributed by atoms with Crippen LogP contribution in [0.4, 0.5) is 0 Å². The van der Waals surface area contributed by atoms with E-state index in [2.05, 4.69) is 11.1 Å². The van der Waals surface area contributed by atoms with Crippen LogP contribution >= 0.6 is 11.6 Å². The minimum atomic E-state index is -4.10. The molecule has 1 saturated heterocycles. The molecule has 0 spiro atoms. The molecule has 2 N–H and O–H groups in total. The van der Waals surface area contributed by atoms with Gasteiger partial charge < -0.3 is 14.9 Å². The highest BCUT2D eigenvalue weighted by atomic mass is 35.5. The quantitative estimate of drug-likeness (QED) is 0.524. The Morgan fingerprint density at radius 1 is 1.11 bits per heavy atom. The average Bonchev–Trinajstić information content (AvgIpc) is 3.58. The fourth-order valence-electron chi connectivity index (χ4n) is 6.31. The number of nitriles is 1. The highest BCUT2D eigenvalue weighted by Crippen LogP contribution is 2.67. The number of fused-ring (bicyclic) bond motifs is 3. The number of aromatic nitrogens is 1. The van der Waals surface area contributed by atoms with Gasteiger partial charge in [-0.2, -0.15) is 5.26 Å². The first kappa shape index (κ1) is 24.3. The van der Waals surface area contributed by atoms with Gasteiger partial charge in [-0.25, -0.2) is 12.7 Å². The Hall–Kier alpha value is -3.00. The van der Waals surface area contributed by atoms with E-state index in [0.29, 0.717) is 29.8 Å². The summed E-state index contributed by atoms with van der Waals surface area (Å²) in [6, 6.07) is 18.9. The third-order valence-electron chi connectivity index (χ3n) is 7.89. The number of rotatable bonds is 4. The van der Waals surface area contributed by atoms with E-state index in [0.717, 1.165) is 12.8 Å². The summed E-state index contributed by atoms with van der Waals surface area (Å²) in [7, 11) is -4.10. The van der Waals surface area contributed by atoms with Crippen molar-refractivity contribution in [2.24, 2.45) is 0 Å². The number of aliphatic hydroxyl groups excluding tert-OH is 1. The van der Waals surface area contributed by atoms with Crippen LogP contribution in [-0.2, 0) is 21.2 Å². The maximum Gasteiger partial charge on any atom is 0.220 e. The number of ether oxygens (including phenoxy) is 1. The fraction of sp³-hybridized carbons (Fsp3) is 0.333. The molecule has 0 amide bonds. The second kappa shape index (κ2) is 8.51. The Bertz CT molecular complexity index is 1510. The van der Waals surface area contributed by atoms with Gasteiger partial charge in [-0.3, -0.25) is 4.98 Å². The Balaban J connectivity index is 1.68. The molecule has 2 aliphatic heterocycles. The zero-order valence-electron chi connectivity index (χ0n) is 19.7. The van der Waals surface area contributed by atoms with Crippen LogP contribution in [0.5, 0.6) is 5.75 Å². The van der Waals surface area contributed by atoms with E-state index < -0.39 is 38.5 Å². The Morgan fingerprint density at radius 3 is 2.43 bits per heavy atom. The van der Waals surface area contributed by atoms with E-state index in [1.165, 1.54) is 16.6 Å². The second-order valence-corrected chi connectivity index (χ2v) is 12.3. The molecule has 37 heavy (non-hydrogen) atoms. The monoisotopic (exact) mass is 537 g/mol. The minimum absolute atomic E-state index is 0.0220. The lowest BCUT2D eigenvalue weighted by Gasteiger charge is -2.40. The van der Waals surface area contributed by atoms with Gasteiger partial charge in [0.1, 0.15) is 22.8 Å². The molecule has 0 unspecified atom stereocenters. The molecule has 1 aromatic heterocycles. The predicted octanol–water partition coefficient (Wildman–Crippen LogP) is 3.03. The van der Waals surface area contributed by atoms with Crippen molar-refractivity contribution in [2.75, 3.05) is 13.1 Å². The van der Waals surface area contributed by atoms with E-state index in [4.69, 9.17) is 16.3 Å². The number of nitrogens with zero attached hydrogens (tertiary/aromatic N) is 3. The standard InChI is InChI=1S/C27H24ClN3O5S/c28-20-14-21-24(30-16-20)26(33)25(32)23(37(34,35)31-12-4-5-13-31)22(18-6-2-1-3-7-18)27(26,36-21)19-10-8-17(15-29)9-11-19/h1-3,6-11,14,16,22-23,25,32-33H,4-5,12-13H2/t22-,23-,25-,26+,27+/m1/s1. The van der Waals surface area contributed by atoms with E-state index in [1.807, 2.05) is 6.07 Å². The summed E-state index contributed by atoms with van der Waals surface area (Å²) in [4.78, 5) is 4.34. The lowest BCUT2D eigenvalue weighted by atomic mass is 9.72. The Kier molecular flexibility index (Phi) is 5.60. The van der Waals surface area contributed by atoms with Gasteiger partial charge in [-0.15, -0.1) is 0 Å². The maximum absolute atomic E-state index is 14.2. The zero-order chi connectivity index (χ0) is 26.0. The van der Waals surface area contributed by atoms with Crippen LogP contribution in [0.15, 0.2) is 66.9 Å². The van der Waals surface area contributed by atoms with Crippen LogP contribution in [0, 0.1) is 11.3 Å². The first-order valence-electron chi connectivity index (χ1n) is 12.0. The van der Waals surface area contributed by atoms with Gasteiger partial charge >= 0.3 is 0 Å². The molecule has 3 heterocycles. The number of aliphatic hydroxyl groups is 2. The molecule has 190 valence electrons. The van der Waals surface area contributed by atoms with Crippen LogP contribution in [0.1, 0.15) is 41.1 Å². The van der Waals surface area contributed by atoms with Crippen LogP contribution in [0.3, 0.4) is 0 Å². The molecule has 3 aliphatic rings. The van der Waals surface area contributed by atoms with Gasteiger partial charge in [0, 0.05) is 25.4 Å². The molecular weight excluding hydrogens is 514 g/mol. The van der Waals surface area contributed by atoms with Gasteiger partial charge in [-0.05, 0) is 36.1 Å². The molecule has 6 rings (SSSR count). The molecule has 1 aliphatic carbocycles. The smallest absolute Gasteiger partial charge is 0.220 e. The normalized spacial score (nSPS) is 30.9. The van der Waals surface area contributed by atoms with Crippen molar-refractivity contribution in [3.63, 3.8) is 0 Å². The lowest BCUT2D eigenvalue weighted by Crippen LogP contribution is -2.52. The van der Waals surface area contributed by atoms with Crippen molar-refractivity contribution < 1.29 is 23.4 Å². The summed E-state index contributed by atoms with van der Waals surface area (Å²) in [6.07, 6.45) is 1.00. The summed E-state index contributed by atoms with van der Waals surface area (Å²) in [5.41, 5.74) is -2.62. The lowest BCUT2D eigenvalue weighted by molar-refractivity contribution is -0.150. The highest BCUT2D eigenvalue weighted by Gasteiger charge is 2.79. The van der Waals surface area contributed by atoms with Crippen molar-refractivity contribution in [1.82, 2.24) is 9.29 Å². The molecule has 8 nitrogen and oxygen atoms in total. The van der Waals surface area contributed by atoms with Crippen LogP contribution in [0.2, 0.25) is 5.02 Å². The Labute approximate surface area is 219 Å². The average molecular weight is 538 g/mol. The first-order valence-corrected chi connectivity index (χ1v) is 13.9. The largest absolute Gasteiger partial charge is 0.476 e. The summed E-state index contributed by atoms with van der Waals surface area (Å²) in [6.45, 7) is 0.696. The van der Waals surface area contributed by atoms with Crippen LogP contribution in [0.25, 0.3) is 0 Å². The van der Waals surface area contributed by atoms with Crippen LogP contribution < -0.4 is 4.74 Å². The molecule has 2 aromatic carbocycles. The second-order valence-electron chi connectivity index (χ2n) is 9.74. The number of hydrogen-bond donors (Lipinski definition) is 2. The van der Waals surface area contributed by atoms with E-state index >= 15 is 0 Å². The number of hydrogen-bond acceptors (Lipinski definition) is 7. The van der Waals surface area contributed by atoms with Gasteiger partial charge in [-0.1, -0.05) is 54.1 Å². The summed E-state index contributed by atoms with van der Waals surface area (Å²) in [5.74, 6) is -0.864. The number of sulfonamides is 1. The molecule has 3 aromatic rings. The molecule has 0 radical (unpaired) electrons. The van der Waals surface area contributed by atoms with Crippen molar-refractivity contribution >= 4 is 21.6 Å². The molecule has 0 bridgehead atoms. The van der Waals surface area contributed by atoms with Crippen molar-refractivity contribution in [2.45, 2.75) is 41.3 Å². The molecule has 10 heteroatoms. The molecular formula is C27H24ClN3O5S. The number of benzene rings is 2. The van der Waals surface area contributed by atoms with Crippen molar-refractivity contribution in [1.29, 1.82) is 5.26 Å². The van der Waals surface area contributed by atoms with E-state index in [9.17, 15) is 23.9 Å². The summed E-state index contributed by atoms with van der Waals surface area (Å²) >= 11 is 6.21. The molecule has 1 saturated carbocycles. The zero-order valence-corrected chi connectivity index (χ0v) is 21.2. The minimum Gasteiger partial charge on any atom is -0.476 e. The number of halogens is 1. The third kappa shape index (κ3) is 3.24. The van der Waals surface area contributed by atoms with Gasteiger partial charge in [0.15, 0.2) is 11.2 Å². The van der Waals surface area contributed by atoms with E-state index in [1.54, 1.807) is 48.5 Å². The molecule has 2 fully saturated rings. The first-order chi connectivity index (χ1) is 17.7. The Morgan fingerprint density at radius 2 is 1.78 bits per heavy atom. The summed E-state index contributed by atoms with van der Waals surface area (Å²) < 4.78 is 36.3. The van der Waals surface area contributed by atoms with Gasteiger partial charge in [0.05, 0.1) is 22.6 Å². The molecule has 5 atom stereocenters. The topological polar surface area (TPSA) is 124 Å². The number of pyridine rings is 1. The third-order valence-corrected chi connectivity index (χ3v) is 10.4. The highest BCUT2D eigenvalue weighted by molar-refractivity contribution is 7.89. The van der Waals surface area contributed by atoms with Crippen LogP contribution in [-0.4, -0.2) is 52.4 Å². The van der Waals surface area contributed by atoms with Gasteiger partial charge in [0.2, 0.25) is 10.0 Å². The fourth-order valence-corrected chi connectivity index (χ4v) is 8.78. The summed E-state index contributed by atoms with van der Waals surface area (Å²) in [5, 5.41) is 32.7. The van der Waals surface area contributed by atoms with Crippen molar-refractivity contribution in [3.8, 4) is 11.8 Å². The predicted molar refractivity (Wildman–Crippen MR) is 135 cm³/mol. The van der Waals surface area contributed by atoms with Gasteiger partial charge in [0.25, 0.3) is 0 Å². The van der Waals surface area contributed by atoms with Crippen molar-refractivity contribution in [3.05, 3.63) is 94.3 Å². The maximum atomic E-state index is 14.2. The van der Waals surface area contributed by atoms with E-state index in [-0.39, 0.29) is 16.5 Å². The SMILES string of the molecule is N#Cc1ccc([C@@]23Oc4cc(Cl)cnc4[C@]2(O)[C@H](O)[C@H](S(=O)(=O)N2CCCC2)[C@H]3c2ccccc2)cc1.